The molecule has 2 heterocycles. The molecule has 0 saturated carbocycles. The Morgan fingerprint density at radius 1 is 0.966 bits per heavy atom. The molecule has 0 N–H and O–H groups in total. The van der Waals surface area contributed by atoms with E-state index >= 15 is 0 Å². The van der Waals surface area contributed by atoms with Gasteiger partial charge in [0.2, 0.25) is 0 Å². The predicted molar refractivity (Wildman–Crippen MR) is 112 cm³/mol. The summed E-state index contributed by atoms with van der Waals surface area (Å²) in [5, 5.41) is 9.95. The van der Waals surface area contributed by atoms with Crippen LogP contribution in [0.4, 0.5) is 0 Å². The van der Waals surface area contributed by atoms with Crippen molar-refractivity contribution >= 4 is 0 Å². The molecule has 29 heavy (non-hydrogen) atoms. The summed E-state index contributed by atoms with van der Waals surface area (Å²) in [6.45, 7) is 0.442. The molecule has 0 bridgehead atoms. The molecule has 2 aromatic carbocycles. The van der Waals surface area contributed by atoms with E-state index in [1.807, 2.05) is 54.6 Å². The van der Waals surface area contributed by atoms with Crippen LogP contribution in [-0.4, -0.2) is 9.55 Å². The average molecular weight is 375 g/mol. The normalized spacial score (nSPS) is 11.6. The van der Waals surface area contributed by atoms with Gasteiger partial charge in [-0.2, -0.15) is 5.26 Å². The maximum Gasteiger partial charge on any atom is 0.269 e. The second kappa shape index (κ2) is 6.88. The van der Waals surface area contributed by atoms with Gasteiger partial charge in [0.25, 0.3) is 5.56 Å². The maximum absolute atomic E-state index is 13.4. The highest BCUT2D eigenvalue weighted by atomic mass is 16.1. The molecule has 4 heteroatoms. The lowest BCUT2D eigenvalue weighted by Crippen LogP contribution is -2.27. The lowest BCUT2D eigenvalue weighted by Gasteiger charge is -2.18. The molecule has 0 fully saturated rings. The molecule has 2 aromatic heterocycles. The molecule has 1 aliphatic rings. The quantitative estimate of drug-likeness (QED) is 0.470. The van der Waals surface area contributed by atoms with E-state index in [-0.39, 0.29) is 11.1 Å². The van der Waals surface area contributed by atoms with E-state index in [4.69, 9.17) is 0 Å². The first-order valence-electron chi connectivity index (χ1n) is 9.50. The first kappa shape index (κ1) is 17.2. The van der Waals surface area contributed by atoms with E-state index in [9.17, 15) is 10.1 Å². The Morgan fingerprint density at radius 2 is 1.76 bits per heavy atom. The van der Waals surface area contributed by atoms with Gasteiger partial charge in [-0.3, -0.25) is 9.78 Å². The lowest BCUT2D eigenvalue weighted by atomic mass is 9.93. The van der Waals surface area contributed by atoms with E-state index in [1.165, 1.54) is 5.56 Å². The molecule has 0 radical (unpaired) electrons. The fourth-order valence-electron chi connectivity index (χ4n) is 4.18. The van der Waals surface area contributed by atoms with Crippen LogP contribution in [0.3, 0.4) is 0 Å². The van der Waals surface area contributed by atoms with Crippen molar-refractivity contribution in [3.63, 3.8) is 0 Å². The summed E-state index contributed by atoms with van der Waals surface area (Å²) < 4.78 is 1.77. The van der Waals surface area contributed by atoms with Crippen molar-refractivity contribution in [2.24, 2.45) is 0 Å². The van der Waals surface area contributed by atoms with Gasteiger partial charge in [-0.05, 0) is 22.8 Å². The van der Waals surface area contributed by atoms with Gasteiger partial charge >= 0.3 is 0 Å². The second-order valence-electron chi connectivity index (χ2n) is 7.14. The number of aromatic nitrogens is 2. The molecule has 0 aliphatic heterocycles. The summed E-state index contributed by atoms with van der Waals surface area (Å²) in [6.07, 6.45) is 4.09. The van der Waals surface area contributed by atoms with Crippen LogP contribution in [0.2, 0.25) is 0 Å². The molecule has 0 amide bonds. The van der Waals surface area contributed by atoms with Gasteiger partial charge in [0.15, 0.2) is 0 Å². The van der Waals surface area contributed by atoms with Gasteiger partial charge in [-0.15, -0.1) is 0 Å². The number of nitriles is 1. The van der Waals surface area contributed by atoms with E-state index in [1.54, 1.807) is 17.0 Å². The SMILES string of the molecule is N#Cc1c(-c2cccnc2)c2c(n(Cc3ccccc3)c1=O)Cc1ccccc1-2. The van der Waals surface area contributed by atoms with E-state index < -0.39 is 0 Å². The minimum Gasteiger partial charge on any atom is -0.306 e. The highest BCUT2D eigenvalue weighted by Crippen LogP contribution is 2.43. The zero-order valence-corrected chi connectivity index (χ0v) is 15.7. The predicted octanol–water partition coefficient (Wildman–Crippen LogP) is 4.40. The van der Waals surface area contributed by atoms with Crippen LogP contribution in [0, 0.1) is 11.3 Å². The van der Waals surface area contributed by atoms with Crippen LogP contribution in [0.1, 0.15) is 22.4 Å². The fraction of sp³-hybridized carbons (Fsp3) is 0.0800. The van der Waals surface area contributed by atoms with Crippen molar-refractivity contribution in [1.29, 1.82) is 5.26 Å². The first-order valence-corrected chi connectivity index (χ1v) is 9.50. The molecule has 4 nitrogen and oxygen atoms in total. The number of benzene rings is 2. The second-order valence-corrected chi connectivity index (χ2v) is 7.14. The third kappa shape index (κ3) is 2.76. The summed E-state index contributed by atoms with van der Waals surface area (Å²) in [5.41, 5.74) is 6.62. The van der Waals surface area contributed by atoms with Crippen molar-refractivity contribution in [2.45, 2.75) is 13.0 Å². The Morgan fingerprint density at radius 3 is 2.52 bits per heavy atom. The molecule has 138 valence electrons. The number of pyridine rings is 2. The standard InChI is InChI=1S/C25H17N3O/c26-14-21-23(19-10-6-12-27-15-19)24-20-11-5-4-9-18(20)13-22(24)28(25(21)29)16-17-7-2-1-3-8-17/h1-12,15H,13,16H2. The number of nitrogens with zero attached hydrogens (tertiary/aromatic N) is 3. The Balaban J connectivity index is 1.86. The zero-order valence-electron chi connectivity index (χ0n) is 15.7. The van der Waals surface area contributed by atoms with Crippen LogP contribution >= 0.6 is 0 Å². The van der Waals surface area contributed by atoms with Gasteiger partial charge in [0.1, 0.15) is 11.6 Å². The van der Waals surface area contributed by atoms with Gasteiger partial charge < -0.3 is 4.57 Å². The summed E-state index contributed by atoms with van der Waals surface area (Å²) in [6, 6.07) is 24.0. The van der Waals surface area contributed by atoms with Crippen molar-refractivity contribution in [3.05, 3.63) is 112 Å². The summed E-state index contributed by atoms with van der Waals surface area (Å²) in [7, 11) is 0. The van der Waals surface area contributed by atoms with Crippen LogP contribution < -0.4 is 5.56 Å². The van der Waals surface area contributed by atoms with Crippen LogP contribution in [-0.2, 0) is 13.0 Å². The van der Waals surface area contributed by atoms with Gasteiger partial charge in [-0.25, -0.2) is 0 Å². The molecule has 0 spiro atoms. The Bertz CT molecular complexity index is 1320. The molecule has 4 aromatic rings. The van der Waals surface area contributed by atoms with Crippen LogP contribution in [0.15, 0.2) is 83.9 Å². The summed E-state index contributed by atoms with van der Waals surface area (Å²) in [5.74, 6) is 0. The zero-order chi connectivity index (χ0) is 19.8. The summed E-state index contributed by atoms with van der Waals surface area (Å²) in [4.78, 5) is 17.6. The first-order chi connectivity index (χ1) is 14.3. The monoisotopic (exact) mass is 375 g/mol. The molecular weight excluding hydrogens is 358 g/mol. The van der Waals surface area contributed by atoms with Crippen LogP contribution in [0.25, 0.3) is 22.3 Å². The maximum atomic E-state index is 13.4. The minimum atomic E-state index is -0.248. The smallest absolute Gasteiger partial charge is 0.269 e. The number of hydrogen-bond acceptors (Lipinski definition) is 3. The van der Waals surface area contributed by atoms with E-state index in [2.05, 4.69) is 23.2 Å². The van der Waals surface area contributed by atoms with Gasteiger partial charge in [0.05, 0.1) is 6.54 Å². The topological polar surface area (TPSA) is 58.7 Å². The molecule has 1 aliphatic carbocycles. The number of hydrogen-bond donors (Lipinski definition) is 0. The van der Waals surface area contributed by atoms with Crippen molar-refractivity contribution < 1.29 is 0 Å². The molecular formula is C25H17N3O. The van der Waals surface area contributed by atoms with E-state index in [0.29, 0.717) is 18.5 Å². The average Bonchev–Trinajstić information content (AvgIpc) is 3.16. The fourth-order valence-corrected chi connectivity index (χ4v) is 4.18. The Hall–Kier alpha value is -3.97. The third-order valence-electron chi connectivity index (χ3n) is 5.46. The minimum absolute atomic E-state index is 0.171. The molecule has 0 unspecified atom stereocenters. The highest BCUT2D eigenvalue weighted by molar-refractivity contribution is 5.92. The Kier molecular flexibility index (Phi) is 4.07. The number of rotatable bonds is 3. The van der Waals surface area contributed by atoms with Crippen LogP contribution in [0.5, 0.6) is 0 Å². The van der Waals surface area contributed by atoms with Crippen molar-refractivity contribution in [2.75, 3.05) is 0 Å². The largest absolute Gasteiger partial charge is 0.306 e. The molecule has 0 atom stereocenters. The third-order valence-corrected chi connectivity index (χ3v) is 5.46. The van der Waals surface area contributed by atoms with Gasteiger partial charge in [-0.1, -0.05) is 60.7 Å². The highest BCUT2D eigenvalue weighted by Gasteiger charge is 2.29. The molecule has 0 saturated heterocycles. The van der Waals surface area contributed by atoms with Crippen molar-refractivity contribution in [1.82, 2.24) is 9.55 Å². The Labute approximate surface area is 168 Å². The summed E-state index contributed by atoms with van der Waals surface area (Å²) >= 11 is 0. The van der Waals surface area contributed by atoms with E-state index in [0.717, 1.165) is 27.9 Å². The van der Waals surface area contributed by atoms with Gasteiger partial charge in [0, 0.05) is 41.2 Å². The lowest BCUT2D eigenvalue weighted by molar-refractivity contribution is 0.720. The molecule has 5 rings (SSSR count). The number of fused-ring (bicyclic) bond motifs is 3. The van der Waals surface area contributed by atoms with Crippen molar-refractivity contribution in [3.8, 4) is 28.3 Å².